The molecule has 1 saturated carbocycles. The van der Waals surface area contributed by atoms with Crippen LogP contribution in [0.4, 0.5) is 10.6 Å². The Labute approximate surface area is 202 Å². The van der Waals surface area contributed by atoms with Gasteiger partial charge in [0, 0.05) is 13.0 Å². The number of carboxylic acids is 1. The molecule has 1 heterocycles. The van der Waals surface area contributed by atoms with Gasteiger partial charge in [-0.25, -0.2) is 9.59 Å². The van der Waals surface area contributed by atoms with Crippen LogP contribution in [0.1, 0.15) is 46.7 Å². The van der Waals surface area contributed by atoms with E-state index in [2.05, 4.69) is 27.9 Å². The van der Waals surface area contributed by atoms with Crippen molar-refractivity contribution in [2.45, 2.75) is 31.2 Å². The van der Waals surface area contributed by atoms with Crippen molar-refractivity contribution in [3.63, 3.8) is 0 Å². The average Bonchev–Trinajstić information content (AvgIpc) is 3.52. The van der Waals surface area contributed by atoms with E-state index in [9.17, 15) is 19.5 Å². The van der Waals surface area contributed by atoms with Crippen molar-refractivity contribution in [2.75, 3.05) is 11.9 Å². The van der Waals surface area contributed by atoms with Crippen molar-refractivity contribution >= 4 is 23.8 Å². The van der Waals surface area contributed by atoms with Crippen LogP contribution >= 0.6 is 0 Å². The predicted molar refractivity (Wildman–Crippen MR) is 128 cm³/mol. The molecule has 2 amide bonds. The van der Waals surface area contributed by atoms with Crippen LogP contribution in [0, 0.1) is 5.92 Å². The van der Waals surface area contributed by atoms with E-state index in [4.69, 9.17) is 4.74 Å². The molecule has 3 N–H and O–H groups in total. The van der Waals surface area contributed by atoms with Crippen molar-refractivity contribution in [3.8, 4) is 11.1 Å². The van der Waals surface area contributed by atoms with Gasteiger partial charge >= 0.3 is 12.1 Å². The molecule has 1 fully saturated rings. The smallest absolute Gasteiger partial charge is 0.412 e. The van der Waals surface area contributed by atoms with E-state index in [1.54, 1.807) is 7.05 Å². The van der Waals surface area contributed by atoms with E-state index in [1.165, 1.54) is 10.9 Å². The van der Waals surface area contributed by atoms with E-state index in [-0.39, 0.29) is 23.9 Å². The summed E-state index contributed by atoms with van der Waals surface area (Å²) in [6.45, 7) is 0.127. The van der Waals surface area contributed by atoms with E-state index < -0.39 is 24.0 Å². The molecular formula is C26H26N4O5. The molecule has 2 aromatic carbocycles. The van der Waals surface area contributed by atoms with Crippen LogP contribution in [0.5, 0.6) is 0 Å². The van der Waals surface area contributed by atoms with Gasteiger partial charge in [-0.1, -0.05) is 61.4 Å². The maximum atomic E-state index is 12.8. The highest BCUT2D eigenvalue weighted by Gasteiger charge is 2.32. The Morgan fingerprint density at radius 1 is 1.09 bits per heavy atom. The Kier molecular flexibility index (Phi) is 5.98. The zero-order valence-corrected chi connectivity index (χ0v) is 19.2. The van der Waals surface area contributed by atoms with Crippen LogP contribution in [-0.2, 0) is 16.6 Å². The summed E-state index contributed by atoms with van der Waals surface area (Å²) >= 11 is 0. The fraction of sp³-hybridized carbons (Fsp3) is 0.308. The lowest BCUT2D eigenvalue weighted by molar-refractivity contribution is -0.139. The fourth-order valence-corrected chi connectivity index (χ4v) is 4.63. The standard InChI is InChI=1S/C26H26N4O5/c1-30-23(20(13-27-30)24(31)28-22(25(32)33)12-15-10-11-15)29-26(34)35-14-21-18-8-4-2-6-16(18)17-7-3-5-9-19(17)21/h2-9,13,15,21-22H,10-12,14H2,1H3,(H,28,31)(H,29,34)(H,32,33)/t22-/m0/s1. The SMILES string of the molecule is Cn1ncc(C(=O)N[C@@H](CC2CC2)C(=O)O)c1NC(=O)OCC1c2ccccc2-c2ccccc21. The number of carbonyl (C=O) groups is 3. The first-order chi connectivity index (χ1) is 16.9. The summed E-state index contributed by atoms with van der Waals surface area (Å²) in [6.07, 6.45) is 2.90. The lowest BCUT2D eigenvalue weighted by atomic mass is 9.98. The number of carboxylic acid groups (broad SMARTS) is 1. The van der Waals surface area contributed by atoms with Gasteiger partial charge in [-0.05, 0) is 34.6 Å². The Morgan fingerprint density at radius 2 is 1.71 bits per heavy atom. The van der Waals surface area contributed by atoms with Crippen LogP contribution in [0.15, 0.2) is 54.7 Å². The largest absolute Gasteiger partial charge is 0.480 e. The number of aromatic nitrogens is 2. The third-order valence-electron chi connectivity index (χ3n) is 6.62. The fourth-order valence-electron chi connectivity index (χ4n) is 4.63. The highest BCUT2D eigenvalue weighted by Crippen LogP contribution is 2.44. The van der Waals surface area contributed by atoms with Crippen LogP contribution in [0.2, 0.25) is 0 Å². The summed E-state index contributed by atoms with van der Waals surface area (Å²) in [5.74, 6) is -1.33. The molecule has 0 spiro atoms. The molecule has 3 aromatic rings. The van der Waals surface area contributed by atoms with Gasteiger partial charge in [-0.3, -0.25) is 14.8 Å². The predicted octanol–water partition coefficient (Wildman–Crippen LogP) is 3.76. The number of amides is 2. The van der Waals surface area contributed by atoms with Crippen molar-refractivity contribution in [1.82, 2.24) is 15.1 Å². The average molecular weight is 475 g/mol. The van der Waals surface area contributed by atoms with Crippen molar-refractivity contribution in [1.29, 1.82) is 0 Å². The van der Waals surface area contributed by atoms with Crippen molar-refractivity contribution in [3.05, 3.63) is 71.4 Å². The zero-order chi connectivity index (χ0) is 24.5. The molecule has 2 aliphatic carbocycles. The first kappa shape index (κ1) is 22.6. The maximum Gasteiger partial charge on any atom is 0.412 e. The van der Waals surface area contributed by atoms with E-state index in [1.807, 2.05) is 36.4 Å². The molecule has 180 valence electrons. The molecule has 35 heavy (non-hydrogen) atoms. The molecule has 0 bridgehead atoms. The number of fused-ring (bicyclic) bond motifs is 3. The number of carbonyl (C=O) groups excluding carboxylic acids is 2. The molecule has 0 saturated heterocycles. The van der Waals surface area contributed by atoms with Crippen LogP contribution in [-0.4, -0.2) is 45.5 Å². The number of benzene rings is 2. The van der Waals surface area contributed by atoms with Crippen LogP contribution in [0.25, 0.3) is 11.1 Å². The summed E-state index contributed by atoms with van der Waals surface area (Å²) < 4.78 is 6.91. The Balaban J connectivity index is 1.26. The molecule has 9 nitrogen and oxygen atoms in total. The van der Waals surface area contributed by atoms with E-state index in [0.29, 0.717) is 12.3 Å². The summed E-state index contributed by atoms with van der Waals surface area (Å²) in [4.78, 5) is 37.1. The minimum absolute atomic E-state index is 0.0723. The lowest BCUT2D eigenvalue weighted by Crippen LogP contribution is -2.41. The summed E-state index contributed by atoms with van der Waals surface area (Å²) in [6, 6.07) is 15.1. The second kappa shape index (κ2) is 9.25. The van der Waals surface area contributed by atoms with E-state index >= 15 is 0 Å². The molecular weight excluding hydrogens is 448 g/mol. The normalized spacial score (nSPS) is 15.1. The summed E-state index contributed by atoms with van der Waals surface area (Å²) in [5.41, 5.74) is 4.52. The second-order valence-corrected chi connectivity index (χ2v) is 9.02. The van der Waals surface area contributed by atoms with E-state index in [0.717, 1.165) is 35.1 Å². The van der Waals surface area contributed by atoms with Crippen LogP contribution in [0.3, 0.4) is 0 Å². The van der Waals surface area contributed by atoms with Gasteiger partial charge in [0.2, 0.25) is 0 Å². The lowest BCUT2D eigenvalue weighted by Gasteiger charge is -2.16. The Morgan fingerprint density at radius 3 is 2.31 bits per heavy atom. The Hall–Kier alpha value is -4.14. The number of nitrogens with one attached hydrogen (secondary N) is 2. The number of rotatable bonds is 8. The van der Waals surface area contributed by atoms with Gasteiger partial charge in [0.1, 0.15) is 24.0 Å². The topological polar surface area (TPSA) is 123 Å². The first-order valence-electron chi connectivity index (χ1n) is 11.6. The molecule has 1 atom stereocenters. The molecule has 0 radical (unpaired) electrons. The third kappa shape index (κ3) is 4.62. The highest BCUT2D eigenvalue weighted by molar-refractivity contribution is 6.03. The summed E-state index contributed by atoms with van der Waals surface area (Å²) in [7, 11) is 1.58. The number of aliphatic carboxylic acids is 1. The van der Waals surface area contributed by atoms with Gasteiger partial charge < -0.3 is 15.2 Å². The number of aryl methyl sites for hydroxylation is 1. The molecule has 1 aromatic heterocycles. The number of hydrogen-bond acceptors (Lipinski definition) is 5. The van der Waals surface area contributed by atoms with Crippen molar-refractivity contribution in [2.24, 2.45) is 13.0 Å². The molecule has 5 rings (SSSR count). The van der Waals surface area contributed by atoms with Gasteiger partial charge in [-0.2, -0.15) is 5.10 Å². The minimum atomic E-state index is -1.08. The molecule has 0 unspecified atom stereocenters. The van der Waals surface area contributed by atoms with Gasteiger partial charge in [0.05, 0.1) is 6.20 Å². The quantitative estimate of drug-likeness (QED) is 0.457. The monoisotopic (exact) mass is 474 g/mol. The van der Waals surface area contributed by atoms with Crippen molar-refractivity contribution < 1.29 is 24.2 Å². The van der Waals surface area contributed by atoms with Gasteiger partial charge in [0.15, 0.2) is 0 Å². The second-order valence-electron chi connectivity index (χ2n) is 9.02. The Bertz CT molecular complexity index is 1250. The number of hydrogen-bond donors (Lipinski definition) is 3. The number of ether oxygens (including phenoxy) is 1. The highest BCUT2D eigenvalue weighted by atomic mass is 16.5. The first-order valence-corrected chi connectivity index (χ1v) is 11.6. The van der Waals surface area contributed by atoms with Gasteiger partial charge in [0.25, 0.3) is 5.91 Å². The zero-order valence-electron chi connectivity index (χ0n) is 19.2. The number of nitrogens with zero attached hydrogens (tertiary/aromatic N) is 2. The molecule has 9 heteroatoms. The van der Waals surface area contributed by atoms with Gasteiger partial charge in [-0.15, -0.1) is 0 Å². The molecule has 0 aliphatic heterocycles. The number of anilines is 1. The van der Waals surface area contributed by atoms with Crippen LogP contribution < -0.4 is 10.6 Å². The maximum absolute atomic E-state index is 12.8. The minimum Gasteiger partial charge on any atom is -0.480 e. The molecule has 2 aliphatic rings. The third-order valence-corrected chi connectivity index (χ3v) is 6.62. The summed E-state index contributed by atoms with van der Waals surface area (Å²) in [5, 5.41) is 18.6.